The van der Waals surface area contributed by atoms with Crippen LogP contribution in [0.4, 0.5) is 14.5 Å². The van der Waals surface area contributed by atoms with Gasteiger partial charge in [0.05, 0.1) is 0 Å². The first-order chi connectivity index (χ1) is 12.9. The predicted molar refractivity (Wildman–Crippen MR) is 95.9 cm³/mol. The number of phenolic OH excluding ortho intramolecular Hbond substituents is 1. The number of rotatable bonds is 2. The van der Waals surface area contributed by atoms with Gasteiger partial charge < -0.3 is 15.3 Å². The van der Waals surface area contributed by atoms with Crippen LogP contribution in [0, 0.1) is 11.6 Å². The molecule has 2 aliphatic rings. The average molecular weight is 367 g/mol. The van der Waals surface area contributed by atoms with Crippen LogP contribution in [0.3, 0.4) is 0 Å². The standard InChI is InChI=1S/C20H11F2NO4/c21-14-4-12-18(6-16(14)25)27-19-7-17(26)15(22)5-13(19)20(12)11-2-1-10(23)3-9(11)8-24/h1-8,25H,23H2. The lowest BCUT2D eigenvalue weighted by Gasteiger charge is -2.17. The Bertz CT molecular complexity index is 1260. The van der Waals surface area contributed by atoms with Crippen LogP contribution in [-0.4, -0.2) is 11.4 Å². The number of fused-ring (bicyclic) bond motifs is 2. The molecule has 2 aromatic rings. The number of carbonyl (C=O) groups is 1. The molecule has 2 aromatic carbocycles. The summed E-state index contributed by atoms with van der Waals surface area (Å²) in [4.78, 5) is 23.2. The van der Waals surface area contributed by atoms with Crippen LogP contribution in [0.2, 0.25) is 0 Å². The molecule has 1 aliphatic heterocycles. The molecule has 7 heteroatoms. The number of anilines is 1. The summed E-state index contributed by atoms with van der Waals surface area (Å²) >= 11 is 0. The molecule has 5 nitrogen and oxygen atoms in total. The predicted octanol–water partition coefficient (Wildman–Crippen LogP) is 3.94. The maximum Gasteiger partial charge on any atom is 0.217 e. The van der Waals surface area contributed by atoms with Crippen molar-refractivity contribution in [2.45, 2.75) is 0 Å². The van der Waals surface area contributed by atoms with E-state index in [4.69, 9.17) is 10.2 Å². The summed E-state index contributed by atoms with van der Waals surface area (Å²) in [6.07, 6.45) is 0.572. The van der Waals surface area contributed by atoms with Crippen molar-refractivity contribution in [3.05, 3.63) is 69.9 Å². The van der Waals surface area contributed by atoms with Gasteiger partial charge in [0, 0.05) is 39.9 Å². The highest BCUT2D eigenvalue weighted by Gasteiger charge is 2.22. The van der Waals surface area contributed by atoms with Gasteiger partial charge in [-0.25, -0.2) is 8.78 Å². The van der Waals surface area contributed by atoms with Crippen LogP contribution in [0.5, 0.6) is 5.75 Å². The topological polar surface area (TPSA) is 93.5 Å². The van der Waals surface area contributed by atoms with E-state index < -0.39 is 22.8 Å². The maximum atomic E-state index is 14.0. The van der Waals surface area contributed by atoms with Crippen molar-refractivity contribution in [1.82, 2.24) is 0 Å². The quantitative estimate of drug-likeness (QED) is 0.318. The number of carbonyl (C=O) groups excluding carboxylic acids is 1. The van der Waals surface area contributed by atoms with Gasteiger partial charge in [-0.1, -0.05) is 6.07 Å². The van der Waals surface area contributed by atoms with E-state index in [0.717, 1.165) is 24.3 Å². The Morgan fingerprint density at radius 2 is 1.78 bits per heavy atom. The molecular formula is C20H11F2NO4. The number of benzene rings is 3. The van der Waals surface area contributed by atoms with E-state index >= 15 is 0 Å². The highest BCUT2D eigenvalue weighted by Crippen LogP contribution is 2.42. The number of hydrogen-bond donors (Lipinski definition) is 2. The van der Waals surface area contributed by atoms with Gasteiger partial charge >= 0.3 is 0 Å². The van der Waals surface area contributed by atoms with Gasteiger partial charge in [0.1, 0.15) is 11.3 Å². The Kier molecular flexibility index (Phi) is 3.66. The van der Waals surface area contributed by atoms with Gasteiger partial charge in [-0.2, -0.15) is 0 Å². The van der Waals surface area contributed by atoms with Gasteiger partial charge in [-0.3, -0.25) is 9.59 Å². The Balaban J connectivity index is 2.26. The molecule has 0 unspecified atom stereocenters. The highest BCUT2D eigenvalue weighted by atomic mass is 19.1. The number of halogens is 2. The minimum absolute atomic E-state index is 0.0311. The molecule has 0 fully saturated rings. The second kappa shape index (κ2) is 5.91. The number of hydrogen-bond acceptors (Lipinski definition) is 5. The Labute approximate surface area is 150 Å². The van der Waals surface area contributed by atoms with Crippen LogP contribution in [0.1, 0.15) is 10.4 Å². The van der Waals surface area contributed by atoms with Crippen LogP contribution in [-0.2, 0) is 0 Å². The van der Waals surface area contributed by atoms with E-state index in [-0.39, 0.29) is 33.4 Å². The highest BCUT2D eigenvalue weighted by molar-refractivity contribution is 6.06. The van der Waals surface area contributed by atoms with Crippen molar-refractivity contribution in [3.8, 4) is 28.2 Å². The fourth-order valence-corrected chi connectivity index (χ4v) is 3.10. The SMILES string of the molecule is Nc1ccc(-c2c3cc(F)c(=O)cc-3oc3cc(O)c(F)cc23)c(C=O)c1. The second-order valence-electron chi connectivity index (χ2n) is 6.02. The molecule has 0 amide bonds. The molecule has 0 spiro atoms. The van der Waals surface area contributed by atoms with Gasteiger partial charge in [0.2, 0.25) is 5.43 Å². The zero-order valence-corrected chi connectivity index (χ0v) is 13.6. The number of nitrogens with two attached hydrogens (primary N) is 1. The average Bonchev–Trinajstić information content (AvgIpc) is 2.63. The minimum atomic E-state index is -1.01. The fourth-order valence-electron chi connectivity index (χ4n) is 3.10. The summed E-state index contributed by atoms with van der Waals surface area (Å²) in [6, 6.07) is 8.54. The first-order valence-corrected chi connectivity index (χ1v) is 7.82. The zero-order valence-electron chi connectivity index (χ0n) is 13.6. The number of phenols is 1. The molecule has 134 valence electrons. The molecule has 0 bridgehead atoms. The van der Waals surface area contributed by atoms with E-state index in [0.29, 0.717) is 17.5 Å². The molecule has 1 aliphatic carbocycles. The largest absolute Gasteiger partial charge is 0.505 e. The van der Waals surface area contributed by atoms with E-state index in [1.54, 1.807) is 12.1 Å². The van der Waals surface area contributed by atoms with Crippen molar-refractivity contribution in [2.24, 2.45) is 0 Å². The van der Waals surface area contributed by atoms with Gasteiger partial charge in [-0.05, 0) is 29.8 Å². The third-order valence-corrected chi connectivity index (χ3v) is 4.31. The van der Waals surface area contributed by atoms with E-state index in [9.17, 15) is 23.5 Å². The molecule has 1 heterocycles. The third kappa shape index (κ3) is 2.60. The molecule has 27 heavy (non-hydrogen) atoms. The molecule has 0 aromatic heterocycles. The first-order valence-electron chi connectivity index (χ1n) is 7.82. The molecule has 0 atom stereocenters. The van der Waals surface area contributed by atoms with Gasteiger partial charge in [0.15, 0.2) is 23.7 Å². The Morgan fingerprint density at radius 1 is 1.00 bits per heavy atom. The van der Waals surface area contributed by atoms with Crippen LogP contribution >= 0.6 is 0 Å². The van der Waals surface area contributed by atoms with Crippen molar-refractivity contribution in [2.75, 3.05) is 5.73 Å². The van der Waals surface area contributed by atoms with Crippen molar-refractivity contribution >= 4 is 22.9 Å². The smallest absolute Gasteiger partial charge is 0.217 e. The van der Waals surface area contributed by atoms with Gasteiger partial charge in [0.25, 0.3) is 0 Å². The van der Waals surface area contributed by atoms with Crippen LogP contribution in [0.15, 0.2) is 51.7 Å². The summed E-state index contributed by atoms with van der Waals surface area (Å²) in [5.41, 5.74) is 6.26. The lowest BCUT2D eigenvalue weighted by molar-refractivity contribution is 0.112. The summed E-state index contributed by atoms with van der Waals surface area (Å²) in [5, 5.41) is 9.86. The number of aromatic hydroxyl groups is 1. The lowest BCUT2D eigenvalue weighted by atomic mass is 9.90. The molecule has 0 saturated carbocycles. The minimum Gasteiger partial charge on any atom is -0.505 e. The summed E-state index contributed by atoms with van der Waals surface area (Å²) in [7, 11) is 0. The third-order valence-electron chi connectivity index (χ3n) is 4.31. The Morgan fingerprint density at radius 3 is 2.52 bits per heavy atom. The molecular weight excluding hydrogens is 356 g/mol. The first kappa shape index (κ1) is 16.7. The van der Waals surface area contributed by atoms with Crippen LogP contribution in [0.25, 0.3) is 33.4 Å². The van der Waals surface area contributed by atoms with E-state index in [1.807, 2.05) is 0 Å². The van der Waals surface area contributed by atoms with Crippen molar-refractivity contribution < 1.29 is 23.1 Å². The Hall–Kier alpha value is -3.74. The summed E-state index contributed by atoms with van der Waals surface area (Å²) < 4.78 is 33.6. The molecule has 4 rings (SSSR count). The van der Waals surface area contributed by atoms with Crippen molar-refractivity contribution in [1.29, 1.82) is 0 Å². The lowest BCUT2D eigenvalue weighted by Crippen LogP contribution is -2.07. The van der Waals surface area contributed by atoms with Crippen molar-refractivity contribution in [3.63, 3.8) is 0 Å². The zero-order chi connectivity index (χ0) is 19.3. The normalized spacial score (nSPS) is 11.2. The summed E-state index contributed by atoms with van der Waals surface area (Å²) in [6.45, 7) is 0. The number of aldehydes is 1. The fraction of sp³-hybridized carbons (Fsp3) is 0. The van der Waals surface area contributed by atoms with Crippen LogP contribution < -0.4 is 11.2 Å². The second-order valence-corrected chi connectivity index (χ2v) is 6.02. The summed E-state index contributed by atoms with van der Waals surface area (Å²) in [5.74, 6) is -2.54. The van der Waals surface area contributed by atoms with E-state index in [1.165, 1.54) is 6.07 Å². The van der Waals surface area contributed by atoms with E-state index in [2.05, 4.69) is 0 Å². The number of nitrogen functional groups attached to an aromatic ring is 1. The monoisotopic (exact) mass is 367 g/mol. The molecule has 3 N–H and O–H groups in total. The van der Waals surface area contributed by atoms with Gasteiger partial charge in [-0.15, -0.1) is 0 Å². The maximum absolute atomic E-state index is 14.0. The molecule has 0 radical (unpaired) electrons. The molecule has 0 saturated heterocycles.